The van der Waals surface area contributed by atoms with Crippen LogP contribution in [-0.4, -0.2) is 10.9 Å². The Balaban J connectivity index is 1.82. The van der Waals surface area contributed by atoms with Gasteiger partial charge < -0.3 is 5.32 Å². The van der Waals surface area contributed by atoms with Crippen LogP contribution in [0.2, 0.25) is 0 Å². The summed E-state index contributed by atoms with van der Waals surface area (Å²) in [4.78, 5) is 16.6. The van der Waals surface area contributed by atoms with Gasteiger partial charge in [0.2, 0.25) is 0 Å². The molecule has 1 heterocycles. The summed E-state index contributed by atoms with van der Waals surface area (Å²) in [5, 5.41) is 12.3. The summed E-state index contributed by atoms with van der Waals surface area (Å²) in [6.07, 6.45) is 3.41. The number of hydrogen-bond donors (Lipinski definition) is 1. The SMILES string of the molecule is Cc1ccc(C(=O)Nc2cccc(/C=C(\C#N)c3ccccn3)c2)cc1. The number of aromatic nitrogens is 1. The van der Waals surface area contributed by atoms with Gasteiger partial charge >= 0.3 is 0 Å². The molecule has 126 valence electrons. The lowest BCUT2D eigenvalue weighted by Crippen LogP contribution is -2.11. The van der Waals surface area contributed by atoms with Gasteiger partial charge in [-0.3, -0.25) is 9.78 Å². The summed E-state index contributed by atoms with van der Waals surface area (Å²) in [6, 6.07) is 22.4. The zero-order chi connectivity index (χ0) is 18.4. The molecule has 1 amide bonds. The van der Waals surface area contributed by atoms with Crippen molar-refractivity contribution in [2.75, 3.05) is 5.32 Å². The van der Waals surface area contributed by atoms with Crippen LogP contribution in [0.3, 0.4) is 0 Å². The number of anilines is 1. The van der Waals surface area contributed by atoms with E-state index in [0.29, 0.717) is 22.5 Å². The van der Waals surface area contributed by atoms with E-state index in [1.807, 2.05) is 49.4 Å². The molecule has 3 rings (SSSR count). The van der Waals surface area contributed by atoms with Crippen LogP contribution in [0.25, 0.3) is 11.6 Å². The third-order valence-corrected chi connectivity index (χ3v) is 3.83. The molecule has 0 spiro atoms. The van der Waals surface area contributed by atoms with Crippen molar-refractivity contribution in [3.05, 3.63) is 95.3 Å². The number of rotatable bonds is 4. The fraction of sp³-hybridized carbons (Fsp3) is 0.0455. The summed E-state index contributed by atoms with van der Waals surface area (Å²) in [5.74, 6) is -0.170. The molecule has 0 fully saturated rings. The lowest BCUT2D eigenvalue weighted by Gasteiger charge is -2.07. The van der Waals surface area contributed by atoms with Crippen molar-refractivity contribution in [3.8, 4) is 6.07 Å². The molecule has 0 atom stereocenters. The molecule has 4 heteroatoms. The number of pyridine rings is 1. The highest BCUT2D eigenvalue weighted by molar-refractivity contribution is 6.04. The Hall–Kier alpha value is -3.71. The first kappa shape index (κ1) is 17.1. The fourth-order valence-corrected chi connectivity index (χ4v) is 2.47. The molecule has 2 aromatic carbocycles. The number of benzene rings is 2. The molecular formula is C22H17N3O. The van der Waals surface area contributed by atoms with Gasteiger partial charge in [0.05, 0.1) is 11.3 Å². The van der Waals surface area contributed by atoms with Gasteiger partial charge in [-0.05, 0) is 55.0 Å². The zero-order valence-electron chi connectivity index (χ0n) is 14.3. The van der Waals surface area contributed by atoms with E-state index in [-0.39, 0.29) is 5.91 Å². The monoisotopic (exact) mass is 339 g/mol. The molecule has 0 aliphatic rings. The van der Waals surface area contributed by atoms with Gasteiger partial charge in [0.1, 0.15) is 6.07 Å². The fourth-order valence-electron chi connectivity index (χ4n) is 2.47. The Bertz CT molecular complexity index is 984. The summed E-state index contributed by atoms with van der Waals surface area (Å²) in [5.41, 5.74) is 4.27. The Kier molecular flexibility index (Phi) is 5.21. The lowest BCUT2D eigenvalue weighted by atomic mass is 10.1. The first-order valence-corrected chi connectivity index (χ1v) is 8.17. The normalized spacial score (nSPS) is 10.8. The molecule has 0 aliphatic heterocycles. The van der Waals surface area contributed by atoms with Crippen LogP contribution in [0.5, 0.6) is 0 Å². The Morgan fingerprint density at radius 1 is 1.08 bits per heavy atom. The summed E-state index contributed by atoms with van der Waals surface area (Å²) >= 11 is 0. The van der Waals surface area contributed by atoms with E-state index in [0.717, 1.165) is 11.1 Å². The molecule has 26 heavy (non-hydrogen) atoms. The maximum Gasteiger partial charge on any atom is 0.255 e. The molecule has 0 saturated carbocycles. The smallest absolute Gasteiger partial charge is 0.255 e. The van der Waals surface area contributed by atoms with E-state index >= 15 is 0 Å². The number of nitrogens with zero attached hydrogens (tertiary/aromatic N) is 2. The second-order valence-corrected chi connectivity index (χ2v) is 5.83. The van der Waals surface area contributed by atoms with Gasteiger partial charge in [-0.2, -0.15) is 5.26 Å². The van der Waals surface area contributed by atoms with Crippen LogP contribution < -0.4 is 5.32 Å². The Morgan fingerprint density at radius 3 is 2.58 bits per heavy atom. The van der Waals surface area contributed by atoms with Gasteiger partial charge in [-0.25, -0.2) is 0 Å². The van der Waals surface area contributed by atoms with Crippen molar-refractivity contribution in [2.45, 2.75) is 6.92 Å². The van der Waals surface area contributed by atoms with Crippen LogP contribution in [0, 0.1) is 18.3 Å². The highest BCUT2D eigenvalue weighted by atomic mass is 16.1. The van der Waals surface area contributed by atoms with Crippen molar-refractivity contribution in [3.63, 3.8) is 0 Å². The van der Waals surface area contributed by atoms with Crippen molar-refractivity contribution < 1.29 is 4.79 Å². The van der Waals surface area contributed by atoms with Gasteiger partial charge in [0.15, 0.2) is 0 Å². The molecule has 4 nitrogen and oxygen atoms in total. The third kappa shape index (κ3) is 4.22. The van der Waals surface area contributed by atoms with Crippen molar-refractivity contribution >= 4 is 23.2 Å². The van der Waals surface area contributed by atoms with Crippen molar-refractivity contribution in [1.29, 1.82) is 5.26 Å². The molecule has 0 unspecified atom stereocenters. The lowest BCUT2D eigenvalue weighted by molar-refractivity contribution is 0.102. The Labute approximate surface area is 152 Å². The minimum Gasteiger partial charge on any atom is -0.322 e. The van der Waals surface area contributed by atoms with E-state index in [1.54, 1.807) is 36.5 Å². The molecule has 1 aromatic heterocycles. The maximum atomic E-state index is 12.3. The number of carbonyl (C=O) groups excluding carboxylic acids is 1. The number of amides is 1. The van der Waals surface area contributed by atoms with Crippen molar-refractivity contribution in [1.82, 2.24) is 4.98 Å². The molecule has 0 aliphatic carbocycles. The highest BCUT2D eigenvalue weighted by Crippen LogP contribution is 2.19. The second-order valence-electron chi connectivity index (χ2n) is 5.83. The topological polar surface area (TPSA) is 65.8 Å². The minimum absolute atomic E-state index is 0.170. The van der Waals surface area contributed by atoms with E-state index in [1.165, 1.54) is 0 Å². The number of nitrogens with one attached hydrogen (secondary N) is 1. The van der Waals surface area contributed by atoms with Crippen molar-refractivity contribution in [2.24, 2.45) is 0 Å². The molecule has 3 aromatic rings. The van der Waals surface area contributed by atoms with Gasteiger partial charge in [-0.1, -0.05) is 35.9 Å². The molecular weight excluding hydrogens is 322 g/mol. The second kappa shape index (κ2) is 7.91. The maximum absolute atomic E-state index is 12.3. The van der Waals surface area contributed by atoms with E-state index in [2.05, 4.69) is 16.4 Å². The quantitative estimate of drug-likeness (QED) is 0.700. The predicted molar refractivity (Wildman–Crippen MR) is 103 cm³/mol. The number of aryl methyl sites for hydroxylation is 1. The average Bonchev–Trinajstić information content (AvgIpc) is 2.67. The van der Waals surface area contributed by atoms with E-state index in [4.69, 9.17) is 0 Å². The number of carbonyl (C=O) groups is 1. The standard InChI is InChI=1S/C22H17N3O/c1-16-8-10-18(11-9-16)22(26)25-20-6-4-5-17(14-20)13-19(15-23)21-7-2-3-12-24-21/h2-14H,1H3,(H,25,26)/b19-13+. The van der Waals surface area contributed by atoms with Crippen LogP contribution in [-0.2, 0) is 0 Å². The molecule has 1 N–H and O–H groups in total. The zero-order valence-corrected chi connectivity index (χ0v) is 14.3. The van der Waals surface area contributed by atoms with Crippen LogP contribution in [0.15, 0.2) is 72.9 Å². The minimum atomic E-state index is -0.170. The first-order chi connectivity index (χ1) is 12.7. The third-order valence-electron chi connectivity index (χ3n) is 3.83. The molecule has 0 radical (unpaired) electrons. The van der Waals surface area contributed by atoms with Gasteiger partial charge in [0.25, 0.3) is 5.91 Å². The Morgan fingerprint density at radius 2 is 1.88 bits per heavy atom. The number of hydrogen-bond acceptors (Lipinski definition) is 3. The number of allylic oxidation sites excluding steroid dienone is 1. The van der Waals surface area contributed by atoms with Crippen LogP contribution in [0.4, 0.5) is 5.69 Å². The summed E-state index contributed by atoms with van der Waals surface area (Å²) < 4.78 is 0. The van der Waals surface area contributed by atoms with E-state index in [9.17, 15) is 10.1 Å². The summed E-state index contributed by atoms with van der Waals surface area (Å²) in [6.45, 7) is 1.98. The first-order valence-electron chi connectivity index (χ1n) is 8.17. The highest BCUT2D eigenvalue weighted by Gasteiger charge is 2.06. The van der Waals surface area contributed by atoms with Crippen LogP contribution in [0.1, 0.15) is 27.2 Å². The summed E-state index contributed by atoms with van der Waals surface area (Å²) in [7, 11) is 0. The van der Waals surface area contributed by atoms with Gasteiger partial charge in [-0.15, -0.1) is 0 Å². The number of nitriles is 1. The predicted octanol–water partition coefficient (Wildman–Crippen LogP) is 4.71. The average molecular weight is 339 g/mol. The van der Waals surface area contributed by atoms with Crippen LogP contribution >= 0.6 is 0 Å². The van der Waals surface area contributed by atoms with Gasteiger partial charge in [0, 0.05) is 17.4 Å². The molecule has 0 bridgehead atoms. The molecule has 0 saturated heterocycles. The van der Waals surface area contributed by atoms with E-state index < -0.39 is 0 Å². The largest absolute Gasteiger partial charge is 0.322 e.